The van der Waals surface area contributed by atoms with E-state index in [1.165, 1.54) is 0 Å². The smallest absolute Gasteiger partial charge is 0.336 e. The number of nitrogens with one attached hydrogen (secondary N) is 1. The monoisotopic (exact) mass is 255 g/mol. The summed E-state index contributed by atoms with van der Waals surface area (Å²) in [5.41, 5.74) is 0. The molecule has 5 nitrogen and oxygen atoms in total. The molecule has 1 saturated heterocycles. The van der Waals surface area contributed by atoms with Crippen LogP contribution in [0.5, 0.6) is 0 Å². The van der Waals surface area contributed by atoms with Gasteiger partial charge in [0.1, 0.15) is 0 Å². The summed E-state index contributed by atoms with van der Waals surface area (Å²) >= 11 is 0. The van der Waals surface area contributed by atoms with E-state index in [2.05, 4.69) is 5.32 Å². The Balaban J connectivity index is 1.73. The maximum absolute atomic E-state index is 11.8. The molecular weight excluding hydrogens is 234 g/mol. The molecule has 2 atom stereocenters. The number of ether oxygens (including phenoxy) is 2. The summed E-state index contributed by atoms with van der Waals surface area (Å²) in [4.78, 5) is 23.5. The van der Waals surface area contributed by atoms with Crippen LogP contribution in [0.2, 0.25) is 0 Å². The quantitative estimate of drug-likeness (QED) is 0.765. The van der Waals surface area contributed by atoms with E-state index in [4.69, 9.17) is 9.47 Å². The van der Waals surface area contributed by atoms with Gasteiger partial charge in [0, 0.05) is 12.6 Å². The van der Waals surface area contributed by atoms with Crippen molar-refractivity contribution in [2.24, 2.45) is 0 Å². The Morgan fingerprint density at radius 3 is 2.56 bits per heavy atom. The van der Waals surface area contributed by atoms with Gasteiger partial charge in [-0.2, -0.15) is 0 Å². The van der Waals surface area contributed by atoms with Crippen LogP contribution >= 0.6 is 0 Å². The highest BCUT2D eigenvalue weighted by molar-refractivity contribution is 5.84. The van der Waals surface area contributed by atoms with E-state index in [1.807, 2.05) is 0 Å². The van der Waals surface area contributed by atoms with E-state index in [0.717, 1.165) is 32.1 Å². The van der Waals surface area contributed by atoms with Crippen LogP contribution in [-0.2, 0) is 19.1 Å². The maximum Gasteiger partial charge on any atom is 0.336 e. The van der Waals surface area contributed by atoms with Crippen LogP contribution in [0.1, 0.15) is 45.4 Å². The molecule has 2 rings (SSSR count). The molecule has 0 spiro atoms. The number of hydrogen-bond acceptors (Lipinski definition) is 4. The minimum absolute atomic E-state index is 0.201. The number of carbonyl (C=O) groups is 2. The third kappa shape index (κ3) is 3.45. The highest BCUT2D eigenvalue weighted by atomic mass is 16.6. The van der Waals surface area contributed by atoms with E-state index >= 15 is 0 Å². The molecule has 1 aliphatic heterocycles. The van der Waals surface area contributed by atoms with E-state index in [-0.39, 0.29) is 11.9 Å². The molecule has 102 valence electrons. The van der Waals surface area contributed by atoms with Crippen LogP contribution < -0.4 is 5.32 Å². The number of rotatable bonds is 4. The minimum Gasteiger partial charge on any atom is -0.451 e. The van der Waals surface area contributed by atoms with Gasteiger partial charge in [-0.1, -0.05) is 12.8 Å². The summed E-state index contributed by atoms with van der Waals surface area (Å²) < 4.78 is 10.4. The van der Waals surface area contributed by atoms with Crippen molar-refractivity contribution in [2.75, 3.05) is 6.61 Å². The van der Waals surface area contributed by atoms with Crippen molar-refractivity contribution in [3.63, 3.8) is 0 Å². The van der Waals surface area contributed by atoms with Crippen molar-refractivity contribution in [3.05, 3.63) is 0 Å². The zero-order valence-corrected chi connectivity index (χ0v) is 10.8. The average molecular weight is 255 g/mol. The molecule has 1 amide bonds. The lowest BCUT2D eigenvalue weighted by atomic mass is 10.2. The Labute approximate surface area is 107 Å². The van der Waals surface area contributed by atoms with Crippen molar-refractivity contribution in [2.45, 2.75) is 63.7 Å². The lowest BCUT2D eigenvalue weighted by Crippen LogP contribution is -2.42. The predicted molar refractivity (Wildman–Crippen MR) is 64.9 cm³/mol. The van der Waals surface area contributed by atoms with E-state index in [0.29, 0.717) is 13.0 Å². The molecule has 0 aromatic carbocycles. The lowest BCUT2D eigenvalue weighted by Gasteiger charge is -2.18. The summed E-state index contributed by atoms with van der Waals surface area (Å²) in [5, 5.41) is 2.92. The van der Waals surface area contributed by atoms with Gasteiger partial charge in [-0.15, -0.1) is 0 Å². The Kier molecular flexibility index (Phi) is 4.58. The molecule has 0 unspecified atom stereocenters. The highest BCUT2D eigenvalue weighted by Gasteiger charge is 2.29. The number of amides is 1. The Bertz CT molecular complexity index is 306. The van der Waals surface area contributed by atoms with Gasteiger partial charge in [0.05, 0.1) is 0 Å². The van der Waals surface area contributed by atoms with Crippen molar-refractivity contribution < 1.29 is 19.1 Å². The molecule has 0 radical (unpaired) electrons. The number of esters is 1. The van der Waals surface area contributed by atoms with Gasteiger partial charge in [-0.05, 0) is 32.6 Å². The van der Waals surface area contributed by atoms with Crippen LogP contribution in [0.15, 0.2) is 0 Å². The summed E-state index contributed by atoms with van der Waals surface area (Å²) in [7, 11) is 0. The third-order valence-corrected chi connectivity index (χ3v) is 3.56. The van der Waals surface area contributed by atoms with Crippen LogP contribution in [0.3, 0.4) is 0 Å². The van der Waals surface area contributed by atoms with Crippen molar-refractivity contribution >= 4 is 11.9 Å². The first-order valence-corrected chi connectivity index (χ1v) is 6.79. The fourth-order valence-electron chi connectivity index (χ4n) is 2.46. The predicted octanol–water partition coefficient (Wildman–Crippen LogP) is 1.16. The van der Waals surface area contributed by atoms with E-state index in [9.17, 15) is 9.59 Å². The molecule has 2 fully saturated rings. The second kappa shape index (κ2) is 6.18. The molecule has 2 aliphatic rings. The second-order valence-electron chi connectivity index (χ2n) is 5.07. The van der Waals surface area contributed by atoms with Gasteiger partial charge in [-0.25, -0.2) is 4.79 Å². The second-order valence-corrected chi connectivity index (χ2v) is 5.07. The Morgan fingerprint density at radius 1 is 1.22 bits per heavy atom. The molecular formula is C13H21NO4. The SMILES string of the molecule is C[C@@H](OC(=O)[C@H]1CCCO1)C(=O)NC1CCCC1. The molecule has 1 saturated carbocycles. The normalized spacial score (nSPS) is 25.9. The summed E-state index contributed by atoms with van der Waals surface area (Å²) in [6.07, 6.45) is 4.73. The van der Waals surface area contributed by atoms with E-state index < -0.39 is 18.2 Å². The standard InChI is InChI=1S/C13H21NO4/c1-9(12(15)14-10-5-2-3-6-10)18-13(16)11-7-4-8-17-11/h9-11H,2-8H2,1H3,(H,14,15)/t9-,11-/m1/s1. The molecule has 0 aromatic heterocycles. The lowest BCUT2D eigenvalue weighted by molar-refractivity contribution is -0.163. The number of hydrogen-bond donors (Lipinski definition) is 1. The fraction of sp³-hybridized carbons (Fsp3) is 0.846. The average Bonchev–Trinajstić information content (AvgIpc) is 3.01. The third-order valence-electron chi connectivity index (χ3n) is 3.56. The Hall–Kier alpha value is -1.10. The molecule has 0 aromatic rings. The van der Waals surface area contributed by atoms with Gasteiger partial charge in [0.15, 0.2) is 12.2 Å². The largest absolute Gasteiger partial charge is 0.451 e. The van der Waals surface area contributed by atoms with Crippen LogP contribution in [0.4, 0.5) is 0 Å². The van der Waals surface area contributed by atoms with Gasteiger partial charge in [0.2, 0.25) is 0 Å². The Morgan fingerprint density at radius 2 is 1.94 bits per heavy atom. The van der Waals surface area contributed by atoms with E-state index in [1.54, 1.807) is 6.92 Å². The topological polar surface area (TPSA) is 64.6 Å². The first kappa shape index (κ1) is 13.3. The molecule has 18 heavy (non-hydrogen) atoms. The maximum atomic E-state index is 11.8. The van der Waals surface area contributed by atoms with Crippen molar-refractivity contribution in [3.8, 4) is 0 Å². The first-order chi connectivity index (χ1) is 8.66. The zero-order chi connectivity index (χ0) is 13.0. The molecule has 1 heterocycles. The number of carbonyl (C=O) groups excluding carboxylic acids is 2. The van der Waals surface area contributed by atoms with Gasteiger partial charge in [0.25, 0.3) is 5.91 Å². The fourth-order valence-corrected chi connectivity index (χ4v) is 2.46. The zero-order valence-electron chi connectivity index (χ0n) is 10.8. The van der Waals surface area contributed by atoms with Crippen molar-refractivity contribution in [1.82, 2.24) is 5.32 Å². The summed E-state index contributed by atoms with van der Waals surface area (Å²) in [6, 6.07) is 0.251. The van der Waals surface area contributed by atoms with Gasteiger partial charge in [-0.3, -0.25) is 4.79 Å². The van der Waals surface area contributed by atoms with Crippen LogP contribution in [-0.4, -0.2) is 36.7 Å². The molecule has 1 N–H and O–H groups in total. The molecule has 5 heteroatoms. The first-order valence-electron chi connectivity index (χ1n) is 6.79. The molecule has 0 bridgehead atoms. The summed E-state index contributed by atoms with van der Waals surface area (Å²) in [6.45, 7) is 2.21. The summed E-state index contributed by atoms with van der Waals surface area (Å²) in [5.74, 6) is -0.616. The highest BCUT2D eigenvalue weighted by Crippen LogP contribution is 2.18. The van der Waals surface area contributed by atoms with Gasteiger partial charge < -0.3 is 14.8 Å². The van der Waals surface area contributed by atoms with Crippen molar-refractivity contribution in [1.29, 1.82) is 0 Å². The minimum atomic E-state index is -0.734. The van der Waals surface area contributed by atoms with Crippen LogP contribution in [0.25, 0.3) is 0 Å². The molecule has 1 aliphatic carbocycles. The van der Waals surface area contributed by atoms with Gasteiger partial charge >= 0.3 is 5.97 Å². The van der Waals surface area contributed by atoms with Crippen LogP contribution in [0, 0.1) is 0 Å².